The molecule has 1 aromatic heterocycles. The average Bonchev–Trinajstić information content (AvgIpc) is 2.92. The van der Waals surface area contributed by atoms with Gasteiger partial charge in [0.05, 0.1) is 11.1 Å². The molecule has 0 radical (unpaired) electrons. The number of hydrogen-bond donors (Lipinski definition) is 0. The van der Waals surface area contributed by atoms with Gasteiger partial charge < -0.3 is 4.74 Å². The van der Waals surface area contributed by atoms with Crippen LogP contribution in [-0.4, -0.2) is 26.0 Å². The van der Waals surface area contributed by atoms with E-state index in [4.69, 9.17) is 16.3 Å². The minimum absolute atomic E-state index is 0.0137. The lowest BCUT2D eigenvalue weighted by Crippen LogP contribution is -2.04. The number of hydrogen-bond acceptors (Lipinski definition) is 7. The van der Waals surface area contributed by atoms with Crippen LogP contribution in [0.15, 0.2) is 57.6 Å². The van der Waals surface area contributed by atoms with E-state index in [1.165, 1.54) is 23.9 Å². The van der Waals surface area contributed by atoms with E-state index in [9.17, 15) is 10.1 Å². The van der Waals surface area contributed by atoms with E-state index in [1.807, 2.05) is 0 Å². The van der Waals surface area contributed by atoms with E-state index in [0.717, 1.165) is 4.90 Å². The van der Waals surface area contributed by atoms with Crippen molar-refractivity contribution >= 4 is 35.3 Å². The topological polar surface area (TPSA) is 95.4 Å². The van der Waals surface area contributed by atoms with Crippen molar-refractivity contribution in [3.8, 4) is 5.75 Å². The molecule has 26 heavy (non-hydrogen) atoms. The fourth-order valence-electron chi connectivity index (χ4n) is 2.31. The second kappa shape index (κ2) is 6.77. The zero-order valence-corrected chi connectivity index (χ0v) is 14.6. The van der Waals surface area contributed by atoms with E-state index in [2.05, 4.69) is 15.3 Å². The number of aromatic nitrogens is 3. The van der Waals surface area contributed by atoms with Crippen LogP contribution in [0.2, 0.25) is 5.02 Å². The number of fused-ring (bicyclic) bond motifs is 2. The Labute approximate surface area is 156 Å². The maximum Gasteiger partial charge on any atom is 0.270 e. The highest BCUT2D eigenvalue weighted by atomic mass is 35.5. The molecule has 0 saturated carbocycles. The molecule has 0 aliphatic carbocycles. The van der Waals surface area contributed by atoms with Crippen molar-refractivity contribution < 1.29 is 9.66 Å². The number of benzene rings is 2. The Morgan fingerprint density at radius 3 is 2.77 bits per heavy atom. The van der Waals surface area contributed by atoms with Crippen LogP contribution in [0.5, 0.6) is 5.75 Å². The van der Waals surface area contributed by atoms with Gasteiger partial charge in [0.15, 0.2) is 5.82 Å². The summed E-state index contributed by atoms with van der Waals surface area (Å²) in [5, 5.41) is 24.7. The van der Waals surface area contributed by atoms with Gasteiger partial charge in [-0.05, 0) is 42.1 Å². The van der Waals surface area contributed by atoms with Gasteiger partial charge >= 0.3 is 0 Å². The summed E-state index contributed by atoms with van der Waals surface area (Å²) in [6, 6.07) is 11.6. The molecule has 2 heterocycles. The van der Waals surface area contributed by atoms with Crippen LogP contribution >= 0.6 is 23.4 Å². The van der Waals surface area contributed by atoms with Crippen LogP contribution in [0.4, 0.5) is 5.69 Å². The van der Waals surface area contributed by atoms with Crippen molar-refractivity contribution in [3.05, 3.63) is 69.0 Å². The first kappa shape index (κ1) is 16.6. The maximum absolute atomic E-state index is 10.9. The largest absolute Gasteiger partial charge is 0.486 e. The highest BCUT2D eigenvalue weighted by molar-refractivity contribution is 7.99. The first-order valence-corrected chi connectivity index (χ1v) is 8.63. The molecule has 0 amide bonds. The predicted molar refractivity (Wildman–Crippen MR) is 96.0 cm³/mol. The summed E-state index contributed by atoms with van der Waals surface area (Å²) in [4.78, 5) is 11.3. The summed E-state index contributed by atoms with van der Waals surface area (Å²) in [5.74, 6) is 1.16. The van der Waals surface area contributed by atoms with Gasteiger partial charge in [0.25, 0.3) is 5.69 Å². The summed E-state index contributed by atoms with van der Waals surface area (Å²) < 4.78 is 7.25. The fraction of sp³-hybridized carbons (Fsp3) is 0.0625. The highest BCUT2D eigenvalue weighted by Crippen LogP contribution is 2.33. The number of halogens is 1. The number of nitro groups is 1. The number of nitro benzene ring substituents is 1. The van der Waals surface area contributed by atoms with Crippen LogP contribution in [0, 0.1) is 10.1 Å². The van der Waals surface area contributed by atoms with Crippen molar-refractivity contribution in [2.75, 3.05) is 0 Å². The van der Waals surface area contributed by atoms with Gasteiger partial charge in [-0.1, -0.05) is 11.6 Å². The average molecular weight is 388 g/mol. The van der Waals surface area contributed by atoms with Crippen LogP contribution in [-0.2, 0) is 6.61 Å². The van der Waals surface area contributed by atoms with E-state index in [-0.39, 0.29) is 12.3 Å². The molecule has 10 heteroatoms. The van der Waals surface area contributed by atoms with Crippen LogP contribution in [0.3, 0.4) is 0 Å². The maximum atomic E-state index is 10.9. The lowest BCUT2D eigenvalue weighted by atomic mass is 10.2. The van der Waals surface area contributed by atoms with E-state index in [1.54, 1.807) is 41.2 Å². The van der Waals surface area contributed by atoms with E-state index < -0.39 is 4.92 Å². The number of nitrogens with zero attached hydrogens (tertiary/aromatic N) is 5. The minimum atomic E-state index is -0.435. The summed E-state index contributed by atoms with van der Waals surface area (Å²) in [5.41, 5.74) is 0.666. The second-order valence-corrected chi connectivity index (χ2v) is 6.72. The molecule has 130 valence electrons. The predicted octanol–water partition coefficient (Wildman–Crippen LogP) is 3.77. The van der Waals surface area contributed by atoms with Crippen molar-refractivity contribution in [1.29, 1.82) is 0 Å². The molecule has 1 aliphatic heterocycles. The molecule has 0 atom stereocenters. The van der Waals surface area contributed by atoms with Crippen LogP contribution in [0.1, 0.15) is 11.4 Å². The fourth-order valence-corrected chi connectivity index (χ4v) is 3.31. The normalized spacial score (nSPS) is 12.2. The molecule has 4 rings (SSSR count). The highest BCUT2D eigenvalue weighted by Gasteiger charge is 2.19. The van der Waals surface area contributed by atoms with E-state index in [0.29, 0.717) is 27.3 Å². The lowest BCUT2D eigenvalue weighted by Gasteiger charge is -2.05. The van der Waals surface area contributed by atoms with E-state index >= 15 is 0 Å². The Bertz CT molecular complexity index is 1020. The molecule has 3 aromatic rings. The quantitative estimate of drug-likeness (QED) is 0.390. The minimum Gasteiger partial charge on any atom is -0.486 e. The van der Waals surface area contributed by atoms with Gasteiger partial charge in [0.2, 0.25) is 5.16 Å². The van der Waals surface area contributed by atoms with Crippen molar-refractivity contribution in [2.24, 2.45) is 5.10 Å². The molecule has 0 bridgehead atoms. The first-order chi connectivity index (χ1) is 12.6. The van der Waals surface area contributed by atoms with Crippen molar-refractivity contribution in [2.45, 2.75) is 16.7 Å². The smallest absolute Gasteiger partial charge is 0.270 e. The molecular weight excluding hydrogens is 378 g/mol. The third-order valence-corrected chi connectivity index (χ3v) is 4.86. The summed E-state index contributed by atoms with van der Waals surface area (Å²) in [7, 11) is 0. The summed E-state index contributed by atoms with van der Waals surface area (Å²) >= 11 is 7.19. The molecule has 1 aliphatic rings. The van der Waals surface area contributed by atoms with Gasteiger partial charge in [0, 0.05) is 27.6 Å². The third-order valence-electron chi connectivity index (χ3n) is 3.58. The third kappa shape index (κ3) is 3.26. The number of ether oxygens (including phenoxy) is 1. The zero-order chi connectivity index (χ0) is 18.1. The Balaban J connectivity index is 1.58. The molecule has 2 aromatic carbocycles. The molecule has 8 nitrogen and oxygen atoms in total. The Kier molecular flexibility index (Phi) is 4.31. The zero-order valence-electron chi connectivity index (χ0n) is 13.1. The molecule has 0 unspecified atom stereocenters. The van der Waals surface area contributed by atoms with Gasteiger partial charge in [0.1, 0.15) is 12.4 Å². The monoisotopic (exact) mass is 387 g/mol. The molecule has 0 fully saturated rings. The van der Waals surface area contributed by atoms with Crippen LogP contribution < -0.4 is 4.74 Å². The Morgan fingerprint density at radius 1 is 1.19 bits per heavy atom. The number of rotatable bonds is 4. The second-order valence-electron chi connectivity index (χ2n) is 5.28. The molecule has 0 saturated heterocycles. The molecule has 0 N–H and O–H groups in total. The lowest BCUT2D eigenvalue weighted by molar-refractivity contribution is -0.384. The van der Waals surface area contributed by atoms with Gasteiger partial charge in [-0.15, -0.1) is 10.2 Å². The standard InChI is InChI=1S/C16H10ClN5O3S/c17-11-1-4-13(5-2-11)25-9-15-19-20-16-21(15)18-8-10-7-12(22(23)24)3-6-14(10)26-16/h1-8H,9H2. The summed E-state index contributed by atoms with van der Waals surface area (Å²) in [6.45, 7) is 0.170. The molecule has 0 spiro atoms. The van der Waals surface area contributed by atoms with Gasteiger partial charge in [-0.3, -0.25) is 10.1 Å². The first-order valence-electron chi connectivity index (χ1n) is 7.43. The molecular formula is C16H10ClN5O3S. The van der Waals surface area contributed by atoms with Crippen molar-refractivity contribution in [1.82, 2.24) is 14.9 Å². The number of non-ortho nitro benzene ring substituents is 1. The SMILES string of the molecule is O=[N+]([O-])c1ccc2c(c1)C=Nn1c(COc3ccc(Cl)cc3)nnc1S2. The van der Waals surface area contributed by atoms with Crippen molar-refractivity contribution in [3.63, 3.8) is 0 Å². The van der Waals surface area contributed by atoms with Gasteiger partial charge in [-0.2, -0.15) is 9.78 Å². The van der Waals surface area contributed by atoms with Crippen LogP contribution in [0.25, 0.3) is 0 Å². The Morgan fingerprint density at radius 2 is 2.00 bits per heavy atom. The van der Waals surface area contributed by atoms with Gasteiger partial charge in [-0.25, -0.2) is 0 Å². The Hall–Kier alpha value is -2.91. The summed E-state index contributed by atoms with van der Waals surface area (Å²) in [6.07, 6.45) is 1.56.